The summed E-state index contributed by atoms with van der Waals surface area (Å²) in [5.41, 5.74) is -0.0616. The zero-order valence-electron chi connectivity index (χ0n) is 11.7. The molecular formula is C14H24O4. The molecule has 4 nitrogen and oxygen atoms in total. The first kappa shape index (κ1) is 15.0. The molecule has 0 amide bonds. The van der Waals surface area contributed by atoms with E-state index in [0.29, 0.717) is 25.7 Å². The Kier molecular flexibility index (Phi) is 4.77. The van der Waals surface area contributed by atoms with E-state index in [1.807, 2.05) is 27.7 Å². The average molecular weight is 256 g/mol. The van der Waals surface area contributed by atoms with Gasteiger partial charge in [0.15, 0.2) is 0 Å². The number of rotatable bonds is 3. The van der Waals surface area contributed by atoms with Gasteiger partial charge in [0.05, 0.1) is 11.8 Å². The fourth-order valence-corrected chi connectivity index (χ4v) is 2.02. The molecule has 0 aliphatic heterocycles. The monoisotopic (exact) mass is 256 g/mol. The molecule has 1 rings (SSSR count). The summed E-state index contributed by atoms with van der Waals surface area (Å²) >= 11 is 0. The molecule has 0 bridgehead atoms. The fourth-order valence-electron chi connectivity index (χ4n) is 2.02. The van der Waals surface area contributed by atoms with Crippen LogP contribution in [0.15, 0.2) is 0 Å². The van der Waals surface area contributed by atoms with Crippen molar-refractivity contribution in [1.29, 1.82) is 0 Å². The van der Waals surface area contributed by atoms with Crippen LogP contribution in [0.25, 0.3) is 0 Å². The van der Waals surface area contributed by atoms with Crippen LogP contribution < -0.4 is 0 Å². The summed E-state index contributed by atoms with van der Waals surface area (Å²) < 4.78 is 5.46. The van der Waals surface area contributed by atoms with Crippen molar-refractivity contribution in [2.24, 2.45) is 17.3 Å². The highest BCUT2D eigenvalue weighted by molar-refractivity contribution is 5.74. The van der Waals surface area contributed by atoms with E-state index in [-0.39, 0.29) is 29.3 Å². The second-order valence-corrected chi connectivity index (χ2v) is 6.33. The van der Waals surface area contributed by atoms with Crippen molar-refractivity contribution in [1.82, 2.24) is 0 Å². The number of carbonyl (C=O) groups is 2. The molecule has 4 heteroatoms. The molecule has 0 saturated heterocycles. The van der Waals surface area contributed by atoms with Crippen LogP contribution in [0.4, 0.5) is 0 Å². The van der Waals surface area contributed by atoms with Crippen molar-refractivity contribution in [3.05, 3.63) is 0 Å². The highest BCUT2D eigenvalue weighted by Gasteiger charge is 2.32. The van der Waals surface area contributed by atoms with Gasteiger partial charge < -0.3 is 9.84 Å². The normalized spacial score (nSPS) is 26.4. The highest BCUT2D eigenvalue weighted by atomic mass is 16.5. The van der Waals surface area contributed by atoms with E-state index in [9.17, 15) is 9.59 Å². The van der Waals surface area contributed by atoms with Crippen LogP contribution >= 0.6 is 0 Å². The maximum Gasteiger partial charge on any atom is 0.309 e. The molecular weight excluding hydrogens is 232 g/mol. The van der Waals surface area contributed by atoms with Crippen molar-refractivity contribution in [3.63, 3.8) is 0 Å². The quantitative estimate of drug-likeness (QED) is 0.789. The van der Waals surface area contributed by atoms with Crippen molar-refractivity contribution >= 4 is 11.9 Å². The van der Waals surface area contributed by atoms with Crippen LogP contribution in [0.5, 0.6) is 0 Å². The lowest BCUT2D eigenvalue weighted by molar-refractivity contribution is -0.161. The zero-order valence-corrected chi connectivity index (χ0v) is 11.7. The first-order chi connectivity index (χ1) is 8.21. The van der Waals surface area contributed by atoms with Gasteiger partial charge in [-0.2, -0.15) is 0 Å². The van der Waals surface area contributed by atoms with Crippen LogP contribution in [0.1, 0.15) is 53.4 Å². The fraction of sp³-hybridized carbons (Fsp3) is 0.857. The Morgan fingerprint density at radius 1 is 1.11 bits per heavy atom. The van der Waals surface area contributed by atoms with Gasteiger partial charge in [0.1, 0.15) is 6.10 Å². The SMILES string of the molecule is CC(OC(=O)C1CCC(C(=O)O)CC1)C(C)(C)C. The lowest BCUT2D eigenvalue weighted by Gasteiger charge is -2.30. The third-order valence-corrected chi connectivity index (χ3v) is 3.92. The van der Waals surface area contributed by atoms with Gasteiger partial charge in [-0.05, 0) is 38.0 Å². The summed E-state index contributed by atoms with van der Waals surface area (Å²) in [5, 5.41) is 8.90. The highest BCUT2D eigenvalue weighted by Crippen LogP contribution is 2.31. The van der Waals surface area contributed by atoms with E-state index in [1.165, 1.54) is 0 Å². The van der Waals surface area contributed by atoms with Crippen molar-refractivity contribution in [2.45, 2.75) is 59.5 Å². The molecule has 104 valence electrons. The summed E-state index contributed by atoms with van der Waals surface area (Å²) in [7, 11) is 0. The Morgan fingerprint density at radius 3 is 1.94 bits per heavy atom. The predicted molar refractivity (Wildman–Crippen MR) is 68.1 cm³/mol. The summed E-state index contributed by atoms with van der Waals surface area (Å²) in [5.74, 6) is -1.31. The zero-order chi connectivity index (χ0) is 13.9. The average Bonchev–Trinajstić information content (AvgIpc) is 2.27. The number of carboxylic acid groups (broad SMARTS) is 1. The molecule has 1 N–H and O–H groups in total. The third-order valence-electron chi connectivity index (χ3n) is 3.92. The van der Waals surface area contributed by atoms with E-state index in [1.54, 1.807) is 0 Å². The molecule has 1 unspecified atom stereocenters. The van der Waals surface area contributed by atoms with Crippen LogP contribution in [-0.2, 0) is 14.3 Å². The van der Waals surface area contributed by atoms with Gasteiger partial charge in [0, 0.05) is 0 Å². The van der Waals surface area contributed by atoms with Crippen molar-refractivity contribution in [3.8, 4) is 0 Å². The Balaban J connectivity index is 2.43. The summed E-state index contributed by atoms with van der Waals surface area (Å²) in [4.78, 5) is 22.8. The number of ether oxygens (including phenoxy) is 1. The molecule has 0 aromatic carbocycles. The molecule has 0 heterocycles. The maximum absolute atomic E-state index is 12.0. The molecule has 1 aliphatic carbocycles. The number of carboxylic acids is 1. The molecule has 1 aliphatic rings. The maximum atomic E-state index is 12.0. The number of hydrogen-bond donors (Lipinski definition) is 1. The number of hydrogen-bond acceptors (Lipinski definition) is 3. The first-order valence-electron chi connectivity index (χ1n) is 6.65. The minimum absolute atomic E-state index is 0.0616. The summed E-state index contributed by atoms with van der Waals surface area (Å²) in [6.07, 6.45) is 2.30. The standard InChI is InChI=1S/C14H24O4/c1-9(14(2,3)4)18-13(17)11-7-5-10(6-8-11)12(15)16/h9-11H,5-8H2,1-4H3,(H,15,16). The van der Waals surface area contributed by atoms with E-state index in [2.05, 4.69) is 0 Å². The summed E-state index contributed by atoms with van der Waals surface area (Å²) in [6, 6.07) is 0. The summed E-state index contributed by atoms with van der Waals surface area (Å²) in [6.45, 7) is 8.01. The first-order valence-corrected chi connectivity index (χ1v) is 6.65. The van der Waals surface area contributed by atoms with Gasteiger partial charge in [0.25, 0.3) is 0 Å². The second kappa shape index (κ2) is 5.72. The minimum atomic E-state index is -0.745. The van der Waals surface area contributed by atoms with Gasteiger partial charge >= 0.3 is 11.9 Å². The van der Waals surface area contributed by atoms with E-state index < -0.39 is 5.97 Å². The molecule has 18 heavy (non-hydrogen) atoms. The smallest absolute Gasteiger partial charge is 0.309 e. The Labute approximate surface area is 109 Å². The van der Waals surface area contributed by atoms with Crippen molar-refractivity contribution in [2.75, 3.05) is 0 Å². The Bertz CT molecular complexity index is 308. The molecule has 1 saturated carbocycles. The third kappa shape index (κ3) is 4.00. The van der Waals surface area contributed by atoms with Gasteiger partial charge in [-0.25, -0.2) is 0 Å². The molecule has 1 fully saturated rings. The molecule has 0 aromatic heterocycles. The molecule has 0 aromatic rings. The van der Waals surface area contributed by atoms with E-state index >= 15 is 0 Å². The van der Waals surface area contributed by atoms with Crippen LogP contribution in [0, 0.1) is 17.3 Å². The lowest BCUT2D eigenvalue weighted by Crippen LogP contribution is -2.33. The van der Waals surface area contributed by atoms with Gasteiger partial charge in [-0.1, -0.05) is 20.8 Å². The van der Waals surface area contributed by atoms with E-state index in [4.69, 9.17) is 9.84 Å². The second-order valence-electron chi connectivity index (χ2n) is 6.33. The topological polar surface area (TPSA) is 63.6 Å². The Hall–Kier alpha value is -1.06. The van der Waals surface area contributed by atoms with Gasteiger partial charge in [0.2, 0.25) is 0 Å². The molecule has 0 radical (unpaired) electrons. The lowest BCUT2D eigenvalue weighted by atomic mass is 9.82. The predicted octanol–water partition coefficient (Wildman–Crippen LogP) is 2.86. The van der Waals surface area contributed by atoms with Gasteiger partial charge in [-0.3, -0.25) is 9.59 Å². The van der Waals surface area contributed by atoms with Crippen LogP contribution in [0.3, 0.4) is 0 Å². The number of carbonyl (C=O) groups excluding carboxylic acids is 1. The minimum Gasteiger partial charge on any atom is -0.481 e. The van der Waals surface area contributed by atoms with Crippen molar-refractivity contribution < 1.29 is 19.4 Å². The Morgan fingerprint density at radius 2 is 1.56 bits per heavy atom. The van der Waals surface area contributed by atoms with Crippen LogP contribution in [0.2, 0.25) is 0 Å². The van der Waals surface area contributed by atoms with Crippen LogP contribution in [-0.4, -0.2) is 23.1 Å². The largest absolute Gasteiger partial charge is 0.481 e. The molecule has 1 atom stereocenters. The van der Waals surface area contributed by atoms with E-state index in [0.717, 1.165) is 0 Å². The number of esters is 1. The number of aliphatic carboxylic acids is 1. The molecule has 0 spiro atoms. The van der Waals surface area contributed by atoms with Gasteiger partial charge in [-0.15, -0.1) is 0 Å².